The smallest absolute Gasteiger partial charge is 0.338 e. The van der Waals surface area contributed by atoms with Gasteiger partial charge in [-0.05, 0) is 44.4 Å². The van der Waals surface area contributed by atoms with Crippen LogP contribution in [0.1, 0.15) is 151 Å². The second-order valence-corrected chi connectivity index (χ2v) is 9.67. The lowest BCUT2D eigenvalue weighted by molar-refractivity contribution is 0.0319. The van der Waals surface area contributed by atoms with Crippen molar-refractivity contribution >= 4 is 11.9 Å². The molecule has 0 N–H and O–H groups in total. The van der Waals surface area contributed by atoms with Crippen molar-refractivity contribution < 1.29 is 19.1 Å². The van der Waals surface area contributed by atoms with Crippen LogP contribution in [0, 0.1) is 0 Å². The summed E-state index contributed by atoms with van der Waals surface area (Å²) in [6, 6.07) is 6.68. The van der Waals surface area contributed by atoms with Gasteiger partial charge in [-0.2, -0.15) is 0 Å². The Labute approximate surface area is 209 Å². The van der Waals surface area contributed by atoms with Crippen molar-refractivity contribution in [2.45, 2.75) is 136 Å². The zero-order valence-electron chi connectivity index (χ0n) is 22.2. The van der Waals surface area contributed by atoms with Gasteiger partial charge in [-0.1, -0.05) is 110 Å². The number of hydrogen-bond acceptors (Lipinski definition) is 4. The van der Waals surface area contributed by atoms with Crippen LogP contribution >= 0.6 is 0 Å². The van der Waals surface area contributed by atoms with Crippen LogP contribution in [0.15, 0.2) is 24.3 Å². The molecular weight excluding hydrogens is 424 g/mol. The Morgan fingerprint density at radius 1 is 0.676 bits per heavy atom. The number of carbonyl (C=O) groups excluding carboxylic acids is 2. The minimum Gasteiger partial charge on any atom is -0.462 e. The van der Waals surface area contributed by atoms with Crippen molar-refractivity contribution in [2.75, 3.05) is 6.61 Å². The Morgan fingerprint density at radius 2 is 1.15 bits per heavy atom. The zero-order valence-corrected chi connectivity index (χ0v) is 22.2. The van der Waals surface area contributed by atoms with Crippen molar-refractivity contribution in [1.82, 2.24) is 0 Å². The molecule has 1 atom stereocenters. The SMILES string of the molecule is CCCCCCCCCCCCOC(=O)c1cccc(C(=O)OC(C)CCCCCCCC)c1. The Balaban J connectivity index is 2.21. The maximum absolute atomic E-state index is 12.5. The van der Waals surface area contributed by atoms with Crippen LogP contribution < -0.4 is 0 Å². The van der Waals surface area contributed by atoms with Gasteiger partial charge in [0.2, 0.25) is 0 Å². The highest BCUT2D eigenvalue weighted by atomic mass is 16.5. The molecule has 194 valence electrons. The van der Waals surface area contributed by atoms with Gasteiger partial charge in [0.25, 0.3) is 0 Å². The molecule has 0 saturated carbocycles. The minimum absolute atomic E-state index is 0.120. The predicted molar refractivity (Wildman–Crippen MR) is 141 cm³/mol. The van der Waals surface area contributed by atoms with E-state index in [1.54, 1.807) is 24.3 Å². The summed E-state index contributed by atoms with van der Waals surface area (Å²) in [4.78, 5) is 24.9. The molecule has 34 heavy (non-hydrogen) atoms. The largest absolute Gasteiger partial charge is 0.462 e. The molecule has 0 radical (unpaired) electrons. The fraction of sp³-hybridized carbons (Fsp3) is 0.733. The molecule has 0 aliphatic heterocycles. The molecule has 0 aromatic heterocycles. The summed E-state index contributed by atoms with van der Waals surface area (Å²) in [5.74, 6) is -0.742. The van der Waals surface area contributed by atoms with Crippen LogP contribution in [0.4, 0.5) is 0 Å². The third-order valence-corrected chi connectivity index (χ3v) is 6.34. The number of ether oxygens (including phenoxy) is 2. The molecule has 1 aromatic rings. The molecular formula is C30H50O4. The van der Waals surface area contributed by atoms with Gasteiger partial charge in [0.1, 0.15) is 0 Å². The number of rotatable bonds is 21. The number of benzene rings is 1. The van der Waals surface area contributed by atoms with Crippen LogP contribution in [0.2, 0.25) is 0 Å². The fourth-order valence-electron chi connectivity index (χ4n) is 4.13. The van der Waals surface area contributed by atoms with Crippen LogP contribution in [0.25, 0.3) is 0 Å². The van der Waals surface area contributed by atoms with Gasteiger partial charge < -0.3 is 9.47 Å². The Kier molecular flexibility index (Phi) is 18.2. The highest BCUT2D eigenvalue weighted by Crippen LogP contribution is 2.14. The summed E-state index contributed by atoms with van der Waals surface area (Å²) >= 11 is 0. The first kappa shape index (κ1) is 30.2. The van der Waals surface area contributed by atoms with E-state index in [1.807, 2.05) is 6.92 Å². The third kappa shape index (κ3) is 15.1. The molecule has 0 bridgehead atoms. The highest BCUT2D eigenvalue weighted by molar-refractivity contribution is 5.95. The maximum Gasteiger partial charge on any atom is 0.338 e. The quantitative estimate of drug-likeness (QED) is 0.132. The summed E-state index contributed by atoms with van der Waals surface area (Å²) in [6.45, 7) is 6.83. The molecule has 0 fully saturated rings. The molecule has 4 nitrogen and oxygen atoms in total. The Hall–Kier alpha value is -1.84. The Bertz CT molecular complexity index is 655. The molecule has 0 amide bonds. The molecule has 1 rings (SSSR count). The van der Waals surface area contributed by atoms with E-state index in [0.29, 0.717) is 17.7 Å². The summed E-state index contributed by atoms with van der Waals surface area (Å²) in [5.41, 5.74) is 0.813. The van der Waals surface area contributed by atoms with Gasteiger partial charge in [0.15, 0.2) is 0 Å². The van der Waals surface area contributed by atoms with Crippen molar-refractivity contribution in [3.8, 4) is 0 Å². The summed E-state index contributed by atoms with van der Waals surface area (Å²) in [7, 11) is 0. The lowest BCUT2D eigenvalue weighted by atomic mass is 10.1. The third-order valence-electron chi connectivity index (χ3n) is 6.34. The van der Waals surface area contributed by atoms with E-state index in [-0.39, 0.29) is 18.0 Å². The molecule has 0 heterocycles. The average Bonchev–Trinajstić information content (AvgIpc) is 2.84. The molecule has 0 saturated heterocycles. The van der Waals surface area contributed by atoms with E-state index >= 15 is 0 Å². The van der Waals surface area contributed by atoms with Crippen molar-refractivity contribution in [1.29, 1.82) is 0 Å². The van der Waals surface area contributed by atoms with Gasteiger partial charge in [-0.25, -0.2) is 9.59 Å². The van der Waals surface area contributed by atoms with Crippen molar-refractivity contribution in [2.24, 2.45) is 0 Å². The Morgan fingerprint density at radius 3 is 1.71 bits per heavy atom. The van der Waals surface area contributed by atoms with Crippen molar-refractivity contribution in [3.05, 3.63) is 35.4 Å². The van der Waals surface area contributed by atoms with E-state index in [4.69, 9.17) is 9.47 Å². The van der Waals surface area contributed by atoms with Gasteiger partial charge in [0.05, 0.1) is 23.8 Å². The first-order chi connectivity index (χ1) is 16.6. The molecule has 4 heteroatoms. The van der Waals surface area contributed by atoms with E-state index < -0.39 is 0 Å². The normalized spacial score (nSPS) is 11.9. The molecule has 1 unspecified atom stereocenters. The van der Waals surface area contributed by atoms with Crippen LogP contribution in [0.5, 0.6) is 0 Å². The van der Waals surface area contributed by atoms with Gasteiger partial charge in [0, 0.05) is 0 Å². The van der Waals surface area contributed by atoms with Gasteiger partial charge in [-0.15, -0.1) is 0 Å². The minimum atomic E-state index is -0.372. The van der Waals surface area contributed by atoms with Crippen LogP contribution in [-0.2, 0) is 9.47 Å². The van der Waals surface area contributed by atoms with Crippen LogP contribution in [-0.4, -0.2) is 24.6 Å². The van der Waals surface area contributed by atoms with E-state index in [1.165, 1.54) is 83.5 Å². The molecule has 0 spiro atoms. The highest BCUT2D eigenvalue weighted by Gasteiger charge is 2.15. The van der Waals surface area contributed by atoms with E-state index in [0.717, 1.165) is 25.7 Å². The number of hydrogen-bond donors (Lipinski definition) is 0. The predicted octanol–water partition coefficient (Wildman–Crippen LogP) is 9.06. The lowest BCUT2D eigenvalue weighted by Gasteiger charge is -2.13. The number of unbranched alkanes of at least 4 members (excludes halogenated alkanes) is 14. The molecule has 0 aliphatic rings. The zero-order chi connectivity index (χ0) is 24.9. The first-order valence-corrected chi connectivity index (χ1v) is 14.1. The summed E-state index contributed by atoms with van der Waals surface area (Å²) in [5, 5.41) is 0. The second-order valence-electron chi connectivity index (χ2n) is 9.67. The standard InChI is InChI=1S/C30H50O4/c1-4-6-8-10-12-13-14-15-17-19-24-33-29(31)27-22-20-23-28(25-27)30(32)34-26(3)21-18-16-11-9-7-5-2/h20,22-23,25-26H,4-19,21,24H2,1-3H3. The second kappa shape index (κ2) is 20.5. The lowest BCUT2D eigenvalue weighted by Crippen LogP contribution is -2.16. The first-order valence-electron chi connectivity index (χ1n) is 14.1. The van der Waals surface area contributed by atoms with Crippen LogP contribution in [0.3, 0.4) is 0 Å². The van der Waals surface area contributed by atoms with Crippen molar-refractivity contribution in [3.63, 3.8) is 0 Å². The monoisotopic (exact) mass is 474 g/mol. The number of carbonyl (C=O) groups is 2. The summed E-state index contributed by atoms with van der Waals surface area (Å²) in [6.07, 6.45) is 20.5. The fourth-order valence-corrected chi connectivity index (χ4v) is 4.13. The maximum atomic E-state index is 12.5. The number of esters is 2. The topological polar surface area (TPSA) is 52.6 Å². The average molecular weight is 475 g/mol. The van der Waals surface area contributed by atoms with E-state index in [9.17, 15) is 9.59 Å². The molecule has 1 aromatic carbocycles. The van der Waals surface area contributed by atoms with Gasteiger partial charge in [-0.3, -0.25) is 0 Å². The van der Waals surface area contributed by atoms with E-state index in [2.05, 4.69) is 13.8 Å². The van der Waals surface area contributed by atoms with Gasteiger partial charge >= 0.3 is 11.9 Å². The molecule has 0 aliphatic carbocycles. The summed E-state index contributed by atoms with van der Waals surface area (Å²) < 4.78 is 11.0.